The maximum absolute atomic E-state index is 12.3. The van der Waals surface area contributed by atoms with Gasteiger partial charge in [0.2, 0.25) is 0 Å². The third kappa shape index (κ3) is 5.09. The van der Waals surface area contributed by atoms with E-state index in [9.17, 15) is 19.5 Å². The Bertz CT molecular complexity index is 586. The molecule has 0 saturated heterocycles. The molecule has 1 unspecified atom stereocenters. The lowest BCUT2D eigenvalue weighted by atomic mass is 9.95. The lowest BCUT2D eigenvalue weighted by Gasteiger charge is -2.25. The van der Waals surface area contributed by atoms with Gasteiger partial charge in [0, 0.05) is 17.7 Å². The van der Waals surface area contributed by atoms with E-state index in [4.69, 9.17) is 0 Å². The van der Waals surface area contributed by atoms with Crippen molar-refractivity contribution in [2.45, 2.75) is 45.6 Å². The van der Waals surface area contributed by atoms with E-state index < -0.39 is 17.4 Å². The molecule has 126 valence electrons. The van der Waals surface area contributed by atoms with Crippen LogP contribution < -0.4 is 10.6 Å². The summed E-state index contributed by atoms with van der Waals surface area (Å²) in [7, 11) is 0. The van der Waals surface area contributed by atoms with Gasteiger partial charge in [0.05, 0.1) is 0 Å². The highest BCUT2D eigenvalue weighted by Crippen LogP contribution is 2.14. The van der Waals surface area contributed by atoms with Crippen molar-refractivity contribution in [3.63, 3.8) is 0 Å². The minimum Gasteiger partial charge on any atom is -0.480 e. The molecule has 0 aromatic heterocycles. The zero-order valence-corrected chi connectivity index (χ0v) is 13.8. The van der Waals surface area contributed by atoms with Crippen LogP contribution in [-0.4, -0.2) is 35.0 Å². The number of carbonyl (C=O) groups is 3. The molecule has 0 bridgehead atoms. The van der Waals surface area contributed by atoms with E-state index in [1.54, 1.807) is 18.2 Å². The molecular weight excluding hydrogens is 296 g/mol. The molecule has 0 aliphatic heterocycles. The third-order valence-corrected chi connectivity index (χ3v) is 3.53. The third-order valence-electron chi connectivity index (χ3n) is 3.53. The SMILES string of the molecule is CCCNC(=O)c1cccc(C(=O)NC(C)(CCC)C(=O)O)c1. The predicted molar refractivity (Wildman–Crippen MR) is 87.5 cm³/mol. The number of carbonyl (C=O) groups excluding carboxylic acids is 2. The van der Waals surface area contributed by atoms with Crippen LogP contribution in [-0.2, 0) is 4.79 Å². The summed E-state index contributed by atoms with van der Waals surface area (Å²) < 4.78 is 0. The number of rotatable bonds is 8. The fourth-order valence-electron chi connectivity index (χ4n) is 2.19. The van der Waals surface area contributed by atoms with Crippen molar-refractivity contribution in [2.75, 3.05) is 6.54 Å². The Morgan fingerprint density at radius 2 is 1.70 bits per heavy atom. The van der Waals surface area contributed by atoms with Crippen LogP contribution in [0, 0.1) is 0 Å². The molecule has 6 nitrogen and oxygen atoms in total. The normalized spacial score (nSPS) is 13.0. The summed E-state index contributed by atoms with van der Waals surface area (Å²) in [5.41, 5.74) is -0.692. The van der Waals surface area contributed by atoms with Gasteiger partial charge in [-0.3, -0.25) is 9.59 Å². The molecule has 1 aromatic rings. The second-order valence-electron chi connectivity index (χ2n) is 5.68. The average Bonchev–Trinajstić information content (AvgIpc) is 2.52. The molecule has 0 saturated carbocycles. The lowest BCUT2D eigenvalue weighted by molar-refractivity contribution is -0.144. The number of aliphatic carboxylic acids is 1. The zero-order valence-electron chi connectivity index (χ0n) is 13.8. The molecule has 0 spiro atoms. The van der Waals surface area contributed by atoms with Gasteiger partial charge in [0.25, 0.3) is 11.8 Å². The van der Waals surface area contributed by atoms with Crippen LogP contribution in [0.1, 0.15) is 60.7 Å². The molecule has 1 atom stereocenters. The second kappa shape index (κ2) is 8.31. The minimum atomic E-state index is -1.33. The number of carboxylic acids is 1. The molecule has 0 fully saturated rings. The fourth-order valence-corrected chi connectivity index (χ4v) is 2.19. The monoisotopic (exact) mass is 320 g/mol. The Kier molecular flexibility index (Phi) is 6.75. The van der Waals surface area contributed by atoms with Gasteiger partial charge in [-0.15, -0.1) is 0 Å². The zero-order chi connectivity index (χ0) is 17.5. The number of benzene rings is 1. The van der Waals surface area contributed by atoms with Crippen LogP contribution in [0.2, 0.25) is 0 Å². The molecule has 1 aromatic carbocycles. The first kappa shape index (κ1) is 18.7. The summed E-state index contributed by atoms with van der Waals surface area (Å²) in [4.78, 5) is 35.7. The molecule has 1 rings (SSSR count). The van der Waals surface area contributed by atoms with Crippen LogP contribution >= 0.6 is 0 Å². The van der Waals surface area contributed by atoms with Crippen molar-refractivity contribution in [1.82, 2.24) is 10.6 Å². The van der Waals surface area contributed by atoms with Gasteiger partial charge in [-0.05, 0) is 38.0 Å². The number of carboxylic acid groups (broad SMARTS) is 1. The van der Waals surface area contributed by atoms with Gasteiger partial charge < -0.3 is 15.7 Å². The number of nitrogens with one attached hydrogen (secondary N) is 2. The van der Waals surface area contributed by atoms with Crippen molar-refractivity contribution < 1.29 is 19.5 Å². The molecule has 0 heterocycles. The van der Waals surface area contributed by atoms with Crippen molar-refractivity contribution in [3.05, 3.63) is 35.4 Å². The van der Waals surface area contributed by atoms with Crippen molar-refractivity contribution in [2.24, 2.45) is 0 Å². The smallest absolute Gasteiger partial charge is 0.329 e. The topological polar surface area (TPSA) is 95.5 Å². The largest absolute Gasteiger partial charge is 0.480 e. The fraction of sp³-hybridized carbons (Fsp3) is 0.471. The molecule has 0 radical (unpaired) electrons. The van der Waals surface area contributed by atoms with Crippen LogP contribution in [0.25, 0.3) is 0 Å². The Hall–Kier alpha value is -2.37. The van der Waals surface area contributed by atoms with Crippen LogP contribution in [0.15, 0.2) is 24.3 Å². The van der Waals surface area contributed by atoms with Crippen molar-refractivity contribution in [3.8, 4) is 0 Å². The predicted octanol–water partition coefficient (Wildman–Crippen LogP) is 2.20. The molecule has 0 aliphatic rings. The summed E-state index contributed by atoms with van der Waals surface area (Å²) in [6.07, 6.45) is 1.77. The minimum absolute atomic E-state index is 0.254. The van der Waals surface area contributed by atoms with Gasteiger partial charge >= 0.3 is 5.97 Å². The van der Waals surface area contributed by atoms with E-state index in [2.05, 4.69) is 10.6 Å². The van der Waals surface area contributed by atoms with E-state index in [0.717, 1.165) is 6.42 Å². The first-order valence-corrected chi connectivity index (χ1v) is 7.78. The Balaban J connectivity index is 2.92. The van der Waals surface area contributed by atoms with E-state index in [1.807, 2.05) is 13.8 Å². The average molecular weight is 320 g/mol. The summed E-state index contributed by atoms with van der Waals surface area (Å²) in [6.45, 7) is 5.84. The highest BCUT2D eigenvalue weighted by atomic mass is 16.4. The maximum atomic E-state index is 12.3. The van der Waals surface area contributed by atoms with Crippen LogP contribution in [0.5, 0.6) is 0 Å². The number of hydrogen-bond donors (Lipinski definition) is 3. The summed E-state index contributed by atoms with van der Waals surface area (Å²) >= 11 is 0. The molecule has 0 aliphatic carbocycles. The molecule has 3 N–H and O–H groups in total. The summed E-state index contributed by atoms with van der Waals surface area (Å²) in [6, 6.07) is 6.24. The van der Waals surface area contributed by atoms with E-state index in [-0.39, 0.29) is 11.5 Å². The molecule has 23 heavy (non-hydrogen) atoms. The maximum Gasteiger partial charge on any atom is 0.329 e. The Morgan fingerprint density at radius 3 is 2.22 bits per heavy atom. The van der Waals surface area contributed by atoms with E-state index >= 15 is 0 Å². The van der Waals surface area contributed by atoms with Gasteiger partial charge in [-0.2, -0.15) is 0 Å². The van der Waals surface area contributed by atoms with Gasteiger partial charge in [0.1, 0.15) is 5.54 Å². The highest BCUT2D eigenvalue weighted by molar-refractivity contribution is 6.01. The molecule has 6 heteroatoms. The Morgan fingerprint density at radius 1 is 1.09 bits per heavy atom. The van der Waals surface area contributed by atoms with E-state index in [0.29, 0.717) is 24.9 Å². The summed E-state index contributed by atoms with van der Waals surface area (Å²) in [5.74, 6) is -1.84. The highest BCUT2D eigenvalue weighted by Gasteiger charge is 2.34. The molecule has 2 amide bonds. The van der Waals surface area contributed by atoms with Gasteiger partial charge in [0.15, 0.2) is 0 Å². The Labute approximate surface area is 136 Å². The number of amides is 2. The standard InChI is InChI=1S/C17H24N2O4/c1-4-9-17(3,16(22)23)19-15(21)13-8-6-7-12(11-13)14(20)18-10-5-2/h6-8,11H,4-5,9-10H2,1-3H3,(H,18,20)(H,19,21)(H,22,23). The second-order valence-corrected chi connectivity index (χ2v) is 5.68. The molecular formula is C17H24N2O4. The van der Waals surface area contributed by atoms with Crippen molar-refractivity contribution in [1.29, 1.82) is 0 Å². The van der Waals surface area contributed by atoms with Gasteiger partial charge in [-0.1, -0.05) is 26.3 Å². The van der Waals surface area contributed by atoms with Gasteiger partial charge in [-0.25, -0.2) is 4.79 Å². The van der Waals surface area contributed by atoms with E-state index in [1.165, 1.54) is 13.0 Å². The quantitative estimate of drug-likeness (QED) is 0.684. The lowest BCUT2D eigenvalue weighted by Crippen LogP contribution is -2.52. The van der Waals surface area contributed by atoms with Crippen LogP contribution in [0.4, 0.5) is 0 Å². The van der Waals surface area contributed by atoms with Crippen molar-refractivity contribution >= 4 is 17.8 Å². The van der Waals surface area contributed by atoms with Crippen LogP contribution in [0.3, 0.4) is 0 Å². The first-order chi connectivity index (χ1) is 10.8. The summed E-state index contributed by atoms with van der Waals surface area (Å²) in [5, 5.41) is 14.6. The number of hydrogen-bond acceptors (Lipinski definition) is 3. The first-order valence-electron chi connectivity index (χ1n) is 7.78.